The van der Waals surface area contributed by atoms with Crippen LogP contribution in [0, 0.1) is 17.2 Å². The van der Waals surface area contributed by atoms with E-state index in [1.165, 1.54) is 25.9 Å². The van der Waals surface area contributed by atoms with Crippen LogP contribution in [0.25, 0.3) is 0 Å². The maximum absolute atomic E-state index is 11.7. The number of nitrogens with zero attached hydrogens (tertiary/aromatic N) is 2. The first-order chi connectivity index (χ1) is 11.1. The summed E-state index contributed by atoms with van der Waals surface area (Å²) in [5, 5.41) is 12.3. The van der Waals surface area contributed by atoms with Crippen molar-refractivity contribution in [2.45, 2.75) is 39.5 Å². The maximum Gasteiger partial charge on any atom is 0.161 e. The van der Waals surface area contributed by atoms with Crippen LogP contribution in [0.2, 0.25) is 0 Å². The van der Waals surface area contributed by atoms with E-state index in [9.17, 15) is 4.79 Å². The van der Waals surface area contributed by atoms with Gasteiger partial charge >= 0.3 is 0 Å². The van der Waals surface area contributed by atoms with Gasteiger partial charge in [0, 0.05) is 17.8 Å². The molecule has 2 rings (SSSR count). The topological polar surface area (TPSA) is 56.1 Å². The highest BCUT2D eigenvalue weighted by molar-refractivity contribution is 5.99. The number of carbonyl (C=O) groups excluding carboxylic acids is 1. The van der Waals surface area contributed by atoms with Crippen LogP contribution in [0.15, 0.2) is 18.2 Å². The summed E-state index contributed by atoms with van der Waals surface area (Å²) in [6, 6.07) is 7.32. The number of likely N-dealkylation sites (tertiary alicyclic amines) is 1. The Morgan fingerprint density at radius 1 is 1.35 bits per heavy atom. The Morgan fingerprint density at radius 3 is 2.74 bits per heavy atom. The van der Waals surface area contributed by atoms with Crippen molar-refractivity contribution in [3.8, 4) is 6.07 Å². The molecule has 0 saturated carbocycles. The standard InChI is InChI=1S/C19H27N3O/c1-15-7-11-22(12-8-15)10-4-3-9-21-19-13-17(14-20)5-6-18(19)16(2)23/h5-6,13,15,21H,3-4,7-12H2,1-2H3. The van der Waals surface area contributed by atoms with Gasteiger partial charge in [-0.25, -0.2) is 0 Å². The molecule has 124 valence electrons. The van der Waals surface area contributed by atoms with Crippen LogP contribution in [-0.2, 0) is 0 Å². The number of benzene rings is 1. The Morgan fingerprint density at radius 2 is 2.09 bits per heavy atom. The van der Waals surface area contributed by atoms with Crippen molar-refractivity contribution in [2.24, 2.45) is 5.92 Å². The number of nitrogens with one attached hydrogen (secondary N) is 1. The Bertz CT molecular complexity index is 568. The molecule has 0 spiro atoms. The van der Waals surface area contributed by atoms with Crippen LogP contribution in [-0.4, -0.2) is 36.9 Å². The van der Waals surface area contributed by atoms with Gasteiger partial charge in [-0.1, -0.05) is 6.92 Å². The molecule has 0 aliphatic carbocycles. The maximum atomic E-state index is 11.7. The fraction of sp³-hybridized carbons (Fsp3) is 0.579. The van der Waals surface area contributed by atoms with Crippen molar-refractivity contribution in [3.63, 3.8) is 0 Å². The molecule has 4 heteroatoms. The van der Waals surface area contributed by atoms with E-state index in [-0.39, 0.29) is 5.78 Å². The molecule has 0 atom stereocenters. The number of unbranched alkanes of at least 4 members (excludes halogenated alkanes) is 1. The normalized spacial score (nSPS) is 16.0. The van der Waals surface area contributed by atoms with Gasteiger partial charge in [0.1, 0.15) is 0 Å². The van der Waals surface area contributed by atoms with E-state index in [1.54, 1.807) is 25.1 Å². The SMILES string of the molecule is CC(=O)c1ccc(C#N)cc1NCCCCN1CCC(C)CC1. The molecule has 23 heavy (non-hydrogen) atoms. The van der Waals surface area contributed by atoms with E-state index in [0.717, 1.165) is 37.5 Å². The van der Waals surface area contributed by atoms with Crippen LogP contribution in [0.1, 0.15) is 55.5 Å². The first kappa shape index (κ1) is 17.5. The monoisotopic (exact) mass is 313 g/mol. The van der Waals surface area contributed by atoms with Crippen LogP contribution in [0.5, 0.6) is 0 Å². The van der Waals surface area contributed by atoms with Crippen LogP contribution in [0.4, 0.5) is 5.69 Å². The number of piperidine rings is 1. The first-order valence-electron chi connectivity index (χ1n) is 8.61. The second kappa shape index (κ2) is 8.69. The van der Waals surface area contributed by atoms with Crippen molar-refractivity contribution >= 4 is 11.5 Å². The van der Waals surface area contributed by atoms with Gasteiger partial charge < -0.3 is 10.2 Å². The number of carbonyl (C=O) groups is 1. The molecule has 1 saturated heterocycles. The Labute approximate surface area is 139 Å². The number of Topliss-reactive ketones (excluding diaryl/α,β-unsaturated/α-hetero) is 1. The van der Waals surface area contributed by atoms with Crippen molar-refractivity contribution in [2.75, 3.05) is 31.5 Å². The molecule has 0 bridgehead atoms. The highest BCUT2D eigenvalue weighted by Gasteiger charge is 2.14. The molecule has 1 N–H and O–H groups in total. The van der Waals surface area contributed by atoms with E-state index in [2.05, 4.69) is 23.2 Å². The molecule has 1 aliphatic rings. The minimum absolute atomic E-state index is 0.0272. The molecule has 1 aromatic carbocycles. The quantitative estimate of drug-likeness (QED) is 0.616. The summed E-state index contributed by atoms with van der Waals surface area (Å²) in [7, 11) is 0. The Balaban J connectivity index is 1.75. The third kappa shape index (κ3) is 5.37. The fourth-order valence-electron chi connectivity index (χ4n) is 3.04. The van der Waals surface area contributed by atoms with Crippen LogP contribution < -0.4 is 5.32 Å². The van der Waals surface area contributed by atoms with E-state index in [4.69, 9.17) is 5.26 Å². The molecule has 1 aliphatic heterocycles. The molecular formula is C19H27N3O. The van der Waals surface area contributed by atoms with Gasteiger partial charge in [0.2, 0.25) is 0 Å². The summed E-state index contributed by atoms with van der Waals surface area (Å²) in [6.07, 6.45) is 4.87. The summed E-state index contributed by atoms with van der Waals surface area (Å²) < 4.78 is 0. The van der Waals surface area contributed by atoms with Gasteiger partial charge in [-0.05, 0) is 76.4 Å². The zero-order chi connectivity index (χ0) is 16.7. The van der Waals surface area contributed by atoms with Gasteiger partial charge in [-0.15, -0.1) is 0 Å². The molecule has 0 unspecified atom stereocenters. The molecule has 1 heterocycles. The molecule has 4 nitrogen and oxygen atoms in total. The minimum Gasteiger partial charge on any atom is -0.384 e. The van der Waals surface area contributed by atoms with Crippen molar-refractivity contribution in [3.05, 3.63) is 29.3 Å². The molecule has 1 fully saturated rings. The highest BCUT2D eigenvalue weighted by atomic mass is 16.1. The predicted molar refractivity (Wildman–Crippen MR) is 93.7 cm³/mol. The second-order valence-corrected chi connectivity index (χ2v) is 6.59. The number of nitriles is 1. The average molecular weight is 313 g/mol. The third-order valence-corrected chi connectivity index (χ3v) is 4.62. The summed E-state index contributed by atoms with van der Waals surface area (Å²) in [5.41, 5.74) is 2.03. The molecule has 1 aromatic rings. The Kier molecular flexibility index (Phi) is 6.61. The first-order valence-corrected chi connectivity index (χ1v) is 8.61. The largest absolute Gasteiger partial charge is 0.384 e. The fourth-order valence-corrected chi connectivity index (χ4v) is 3.04. The Hall–Kier alpha value is -1.86. The predicted octanol–water partition coefficient (Wildman–Crippen LogP) is 3.68. The van der Waals surface area contributed by atoms with E-state index in [0.29, 0.717) is 11.1 Å². The van der Waals surface area contributed by atoms with Gasteiger partial charge in [0.15, 0.2) is 5.78 Å². The number of ketones is 1. The van der Waals surface area contributed by atoms with E-state index < -0.39 is 0 Å². The summed E-state index contributed by atoms with van der Waals surface area (Å²) in [4.78, 5) is 14.2. The summed E-state index contributed by atoms with van der Waals surface area (Å²) in [6.45, 7) is 8.35. The number of hydrogen-bond donors (Lipinski definition) is 1. The van der Waals surface area contributed by atoms with Crippen LogP contribution >= 0.6 is 0 Å². The van der Waals surface area contributed by atoms with Crippen molar-refractivity contribution in [1.29, 1.82) is 5.26 Å². The molecular weight excluding hydrogens is 286 g/mol. The molecule has 0 radical (unpaired) electrons. The highest BCUT2D eigenvalue weighted by Crippen LogP contribution is 2.19. The third-order valence-electron chi connectivity index (χ3n) is 4.62. The number of anilines is 1. The lowest BCUT2D eigenvalue weighted by atomic mass is 9.99. The zero-order valence-electron chi connectivity index (χ0n) is 14.3. The van der Waals surface area contributed by atoms with Crippen molar-refractivity contribution < 1.29 is 4.79 Å². The summed E-state index contributed by atoms with van der Waals surface area (Å²) >= 11 is 0. The minimum atomic E-state index is 0.0272. The van der Waals surface area contributed by atoms with Crippen molar-refractivity contribution in [1.82, 2.24) is 4.90 Å². The van der Waals surface area contributed by atoms with Crippen LogP contribution in [0.3, 0.4) is 0 Å². The number of rotatable bonds is 7. The second-order valence-electron chi connectivity index (χ2n) is 6.59. The van der Waals surface area contributed by atoms with Gasteiger partial charge in [-0.2, -0.15) is 5.26 Å². The van der Waals surface area contributed by atoms with Gasteiger partial charge in [0.25, 0.3) is 0 Å². The summed E-state index contributed by atoms with van der Waals surface area (Å²) in [5.74, 6) is 0.907. The van der Waals surface area contributed by atoms with E-state index >= 15 is 0 Å². The lowest BCUT2D eigenvalue weighted by molar-refractivity contribution is 0.101. The van der Waals surface area contributed by atoms with E-state index in [1.807, 2.05) is 0 Å². The van der Waals surface area contributed by atoms with Gasteiger partial charge in [-0.3, -0.25) is 4.79 Å². The lowest BCUT2D eigenvalue weighted by Gasteiger charge is -2.30. The lowest BCUT2D eigenvalue weighted by Crippen LogP contribution is -2.33. The molecule has 0 amide bonds. The molecule has 0 aromatic heterocycles. The zero-order valence-corrected chi connectivity index (χ0v) is 14.3. The average Bonchev–Trinajstić information content (AvgIpc) is 2.55. The number of hydrogen-bond acceptors (Lipinski definition) is 4. The smallest absolute Gasteiger partial charge is 0.161 e. The van der Waals surface area contributed by atoms with Gasteiger partial charge in [0.05, 0.1) is 11.6 Å².